The molecule has 0 aromatic heterocycles. The predicted molar refractivity (Wildman–Crippen MR) is 150 cm³/mol. The number of hydrogen-bond donors (Lipinski definition) is 0. The van der Waals surface area contributed by atoms with Crippen molar-refractivity contribution in [3.63, 3.8) is 0 Å². The monoisotopic (exact) mass is 510 g/mol. The molecule has 4 aliphatic carbocycles. The molecule has 4 aliphatic rings. The van der Waals surface area contributed by atoms with Crippen LogP contribution in [0, 0.1) is 73.4 Å². The van der Waals surface area contributed by atoms with Crippen molar-refractivity contribution in [1.82, 2.24) is 0 Å². The van der Waals surface area contributed by atoms with Crippen LogP contribution >= 0.6 is 0 Å². The maximum Gasteiger partial charge on any atom is 0.292 e. The van der Waals surface area contributed by atoms with Gasteiger partial charge in [-0.25, -0.2) is 0 Å². The minimum Gasteiger partial charge on any atom is -0.387 e. The summed E-state index contributed by atoms with van der Waals surface area (Å²) in [5.74, 6) is 2.58. The van der Waals surface area contributed by atoms with Gasteiger partial charge in [0.05, 0.1) is 0 Å². The first kappa shape index (κ1) is 26.6. The molecule has 4 nitrogen and oxygen atoms in total. The van der Waals surface area contributed by atoms with Crippen LogP contribution in [0.2, 0.25) is 0 Å². The van der Waals surface area contributed by atoms with Gasteiger partial charge in [0, 0.05) is 0 Å². The molecule has 0 saturated heterocycles. The molecule has 0 unspecified atom stereocenters. The second-order valence-corrected chi connectivity index (χ2v) is 13.9. The van der Waals surface area contributed by atoms with Crippen LogP contribution in [0.3, 0.4) is 0 Å². The summed E-state index contributed by atoms with van der Waals surface area (Å²) in [5.41, 5.74) is 7.74. The Morgan fingerprint density at radius 2 is 0.895 bits per heavy atom. The lowest BCUT2D eigenvalue weighted by Gasteiger charge is -2.73. The molecule has 2 aromatic rings. The molecule has 4 fully saturated rings. The maximum atomic E-state index is 9.22. The zero-order valence-corrected chi connectivity index (χ0v) is 24.4. The first-order chi connectivity index (χ1) is 17.8. The number of ether oxygens (including phenoxy) is 2. The zero-order valence-electron chi connectivity index (χ0n) is 24.4. The molecule has 0 heterocycles. The van der Waals surface area contributed by atoms with Crippen molar-refractivity contribution >= 4 is 0 Å². The van der Waals surface area contributed by atoms with Gasteiger partial charge >= 0.3 is 0 Å². The summed E-state index contributed by atoms with van der Waals surface area (Å²) in [6, 6.07) is 9.29. The molecule has 4 saturated carbocycles. The van der Waals surface area contributed by atoms with Gasteiger partial charge < -0.3 is 9.47 Å². The molecular formula is C34H42N2O2. The van der Waals surface area contributed by atoms with Crippen LogP contribution < -0.4 is 9.47 Å². The summed E-state index contributed by atoms with van der Waals surface area (Å²) in [5, 5.41) is 18.4. The fourth-order valence-electron chi connectivity index (χ4n) is 9.56. The van der Waals surface area contributed by atoms with E-state index in [2.05, 4.69) is 79.7 Å². The zero-order chi connectivity index (χ0) is 27.7. The van der Waals surface area contributed by atoms with Gasteiger partial charge in [0.1, 0.15) is 11.5 Å². The van der Waals surface area contributed by atoms with Gasteiger partial charge in [-0.15, -0.1) is 10.5 Å². The Morgan fingerprint density at radius 1 is 0.579 bits per heavy atom. The Hall–Kier alpha value is -2.98. The van der Waals surface area contributed by atoms with E-state index >= 15 is 0 Å². The smallest absolute Gasteiger partial charge is 0.292 e. The normalized spacial score (nSPS) is 31.4. The number of nitrogens with zero attached hydrogens (tertiary/aromatic N) is 2. The molecule has 2 aromatic carbocycles. The van der Waals surface area contributed by atoms with E-state index in [1.807, 2.05) is 12.5 Å². The van der Waals surface area contributed by atoms with E-state index < -0.39 is 0 Å². The highest BCUT2D eigenvalue weighted by molar-refractivity contribution is 5.51. The molecule has 0 N–H and O–H groups in total. The van der Waals surface area contributed by atoms with Gasteiger partial charge in [0.2, 0.25) is 0 Å². The first-order valence-electron chi connectivity index (χ1n) is 14.2. The third-order valence-corrected chi connectivity index (χ3v) is 11.0. The SMILES string of the molecule is Cc1cc(C23CC4(c5cc(C)c(OC#N)c(C)c5)CC(C(C)C)(C2)CC(C(C)C)(C3)C4)cc(C)c1OC#N. The van der Waals surface area contributed by atoms with Crippen molar-refractivity contribution < 1.29 is 9.47 Å². The fourth-order valence-corrected chi connectivity index (χ4v) is 9.56. The number of hydrogen-bond acceptors (Lipinski definition) is 4. The average Bonchev–Trinajstić information content (AvgIpc) is 2.82. The van der Waals surface area contributed by atoms with E-state index in [1.165, 1.54) is 43.2 Å². The topological polar surface area (TPSA) is 66.0 Å². The van der Waals surface area contributed by atoms with Gasteiger partial charge in [-0.1, -0.05) is 52.0 Å². The van der Waals surface area contributed by atoms with Gasteiger partial charge in [0.25, 0.3) is 12.5 Å². The van der Waals surface area contributed by atoms with Gasteiger partial charge in [0.15, 0.2) is 0 Å². The molecule has 0 radical (unpaired) electrons. The Bertz CT molecular complexity index is 1210. The van der Waals surface area contributed by atoms with E-state index in [0.717, 1.165) is 28.7 Å². The number of benzene rings is 2. The van der Waals surface area contributed by atoms with Gasteiger partial charge in [-0.2, -0.15) is 0 Å². The van der Waals surface area contributed by atoms with Crippen LogP contribution in [0.1, 0.15) is 99.6 Å². The lowest BCUT2D eigenvalue weighted by molar-refractivity contribution is -0.176. The minimum absolute atomic E-state index is 0.0770. The van der Waals surface area contributed by atoms with Crippen LogP contribution in [-0.4, -0.2) is 0 Å². The lowest BCUT2D eigenvalue weighted by Crippen LogP contribution is -2.66. The van der Waals surface area contributed by atoms with Crippen molar-refractivity contribution in [2.75, 3.05) is 0 Å². The van der Waals surface area contributed by atoms with Crippen molar-refractivity contribution in [2.24, 2.45) is 22.7 Å². The van der Waals surface area contributed by atoms with E-state index in [4.69, 9.17) is 9.47 Å². The first-order valence-corrected chi connectivity index (χ1v) is 14.2. The fraction of sp³-hybridized carbons (Fsp3) is 0.588. The number of nitriles is 2. The van der Waals surface area contributed by atoms with E-state index in [-0.39, 0.29) is 21.7 Å². The second-order valence-electron chi connectivity index (χ2n) is 13.9. The lowest BCUT2D eigenvalue weighted by atomic mass is 9.31. The van der Waals surface area contributed by atoms with Crippen LogP contribution in [0.15, 0.2) is 24.3 Å². The van der Waals surface area contributed by atoms with Crippen LogP contribution in [0.25, 0.3) is 0 Å². The predicted octanol–water partition coefficient (Wildman–Crippen LogP) is 8.48. The molecular weight excluding hydrogens is 468 g/mol. The summed E-state index contributed by atoms with van der Waals surface area (Å²) in [6.07, 6.45) is 11.1. The maximum absolute atomic E-state index is 9.22. The molecule has 4 heteroatoms. The van der Waals surface area contributed by atoms with Crippen molar-refractivity contribution in [2.45, 2.75) is 105 Å². The Kier molecular flexibility index (Phi) is 6.15. The van der Waals surface area contributed by atoms with Crippen molar-refractivity contribution in [1.29, 1.82) is 10.5 Å². The highest BCUT2D eigenvalue weighted by Gasteiger charge is 2.69. The van der Waals surface area contributed by atoms with Crippen molar-refractivity contribution in [3.05, 3.63) is 57.6 Å². The Morgan fingerprint density at radius 3 is 1.16 bits per heavy atom. The summed E-state index contributed by atoms with van der Waals surface area (Å²) < 4.78 is 10.7. The summed E-state index contributed by atoms with van der Waals surface area (Å²) in [4.78, 5) is 0. The molecule has 38 heavy (non-hydrogen) atoms. The highest BCUT2D eigenvalue weighted by atomic mass is 16.5. The molecule has 4 bridgehead atoms. The Labute approximate surface area is 229 Å². The summed E-state index contributed by atoms with van der Waals surface area (Å²) in [6.45, 7) is 18.1. The standard InChI is InChI=1S/C34H42N2O2/c1-21(2)31-13-32(22(3)4)16-33(14-31,27-9-23(5)29(37-19-35)24(6)10-27)18-34(15-31,17-32)28-11-25(7)30(38-20-36)26(8)12-28/h9-12,21-22H,13-18H2,1-8H3. The van der Waals surface area contributed by atoms with E-state index in [9.17, 15) is 10.5 Å². The highest BCUT2D eigenvalue weighted by Crippen LogP contribution is 2.77. The van der Waals surface area contributed by atoms with Crippen LogP contribution in [-0.2, 0) is 10.8 Å². The third-order valence-electron chi connectivity index (χ3n) is 11.0. The quantitative estimate of drug-likeness (QED) is 0.365. The minimum atomic E-state index is 0.0770. The summed E-state index contributed by atoms with van der Waals surface area (Å²) in [7, 11) is 0. The molecule has 0 atom stereocenters. The largest absolute Gasteiger partial charge is 0.387 e. The third kappa shape index (κ3) is 3.75. The van der Waals surface area contributed by atoms with E-state index in [1.54, 1.807) is 0 Å². The average molecular weight is 511 g/mol. The molecule has 0 aliphatic heterocycles. The molecule has 0 spiro atoms. The van der Waals surface area contributed by atoms with Gasteiger partial charge in [-0.3, -0.25) is 0 Å². The summed E-state index contributed by atoms with van der Waals surface area (Å²) >= 11 is 0. The van der Waals surface area contributed by atoms with Crippen molar-refractivity contribution in [3.8, 4) is 24.0 Å². The Balaban J connectivity index is 1.75. The molecule has 6 rings (SSSR count). The number of aryl methyl sites for hydroxylation is 4. The van der Waals surface area contributed by atoms with E-state index in [0.29, 0.717) is 23.3 Å². The second kappa shape index (κ2) is 8.77. The molecule has 0 amide bonds. The van der Waals surface area contributed by atoms with Crippen LogP contribution in [0.4, 0.5) is 0 Å². The van der Waals surface area contributed by atoms with Crippen LogP contribution in [0.5, 0.6) is 11.5 Å². The molecule has 200 valence electrons. The van der Waals surface area contributed by atoms with Gasteiger partial charge in [-0.05, 0) is 133 Å². The number of rotatable bonds is 6.